The predicted octanol–water partition coefficient (Wildman–Crippen LogP) is 4.24. The minimum atomic E-state index is -0.423. The summed E-state index contributed by atoms with van der Waals surface area (Å²) in [6.45, 7) is 0. The van der Waals surface area contributed by atoms with Gasteiger partial charge in [-0.2, -0.15) is 0 Å². The number of hydrogen-bond acceptors (Lipinski definition) is 0. The summed E-state index contributed by atoms with van der Waals surface area (Å²) in [5.41, 5.74) is 1.42. The molecular formula is C15H12F2. The third-order valence-electron chi connectivity index (χ3n) is 3.39. The van der Waals surface area contributed by atoms with Crippen molar-refractivity contribution in [1.82, 2.24) is 0 Å². The Morgan fingerprint density at radius 3 is 2.06 bits per heavy atom. The van der Waals surface area contributed by atoms with Crippen LogP contribution in [0.4, 0.5) is 8.78 Å². The summed E-state index contributed by atoms with van der Waals surface area (Å²) in [5.74, 6) is -0.580. The summed E-state index contributed by atoms with van der Waals surface area (Å²) in [6, 6.07) is 14.0. The van der Waals surface area contributed by atoms with E-state index in [0.29, 0.717) is 0 Å². The fourth-order valence-corrected chi connectivity index (χ4v) is 2.45. The monoisotopic (exact) mass is 230 g/mol. The van der Waals surface area contributed by atoms with Crippen LogP contribution in [0.25, 0.3) is 0 Å². The molecule has 0 N–H and O–H groups in total. The molecule has 0 radical (unpaired) electrons. The van der Waals surface area contributed by atoms with Gasteiger partial charge in [0.15, 0.2) is 0 Å². The lowest BCUT2D eigenvalue weighted by Gasteiger charge is -2.04. The van der Waals surface area contributed by atoms with Crippen molar-refractivity contribution in [3.05, 3.63) is 71.3 Å². The van der Waals surface area contributed by atoms with Crippen molar-refractivity contribution in [2.75, 3.05) is 0 Å². The molecule has 3 rings (SSSR count). The van der Waals surface area contributed by atoms with Gasteiger partial charge in [-0.15, -0.1) is 0 Å². The van der Waals surface area contributed by atoms with Crippen LogP contribution in [-0.2, 0) is 0 Å². The Hall–Kier alpha value is -1.70. The highest BCUT2D eigenvalue weighted by Gasteiger charge is 2.42. The van der Waals surface area contributed by atoms with Crippen molar-refractivity contribution >= 4 is 0 Å². The van der Waals surface area contributed by atoms with Gasteiger partial charge >= 0.3 is 0 Å². The molecule has 2 heteroatoms. The first-order valence-electron chi connectivity index (χ1n) is 5.76. The summed E-state index contributed by atoms with van der Waals surface area (Å²) in [4.78, 5) is 0. The summed E-state index contributed by atoms with van der Waals surface area (Å²) in [7, 11) is 0. The molecule has 0 unspecified atom stereocenters. The molecule has 2 aromatic rings. The normalized spacial score (nSPS) is 22.5. The molecule has 86 valence electrons. The zero-order valence-electron chi connectivity index (χ0n) is 9.24. The molecule has 1 aliphatic carbocycles. The molecule has 1 saturated carbocycles. The fourth-order valence-electron chi connectivity index (χ4n) is 2.45. The number of rotatable bonds is 2. The standard InChI is InChI=1S/C15H12F2/c16-13-7-4-8-14(17)15(13)12-9-11(12)10-5-2-1-3-6-10/h1-8,11-12H,9H2/t11-,12+/m1/s1. The van der Waals surface area contributed by atoms with Crippen LogP contribution in [0.15, 0.2) is 48.5 Å². The van der Waals surface area contributed by atoms with Crippen LogP contribution >= 0.6 is 0 Å². The van der Waals surface area contributed by atoms with Gasteiger partial charge in [-0.3, -0.25) is 0 Å². The van der Waals surface area contributed by atoms with Crippen molar-refractivity contribution in [1.29, 1.82) is 0 Å². The lowest BCUT2D eigenvalue weighted by atomic mass is 10.0. The summed E-state index contributed by atoms with van der Waals surface area (Å²) >= 11 is 0. The molecule has 2 atom stereocenters. The molecule has 1 aliphatic rings. The quantitative estimate of drug-likeness (QED) is 0.724. The first-order valence-corrected chi connectivity index (χ1v) is 5.76. The van der Waals surface area contributed by atoms with Crippen molar-refractivity contribution in [2.45, 2.75) is 18.3 Å². The highest BCUT2D eigenvalue weighted by molar-refractivity contribution is 5.37. The van der Waals surface area contributed by atoms with Crippen LogP contribution in [0.2, 0.25) is 0 Å². The minimum absolute atomic E-state index is 0.00130. The molecule has 0 aliphatic heterocycles. The van der Waals surface area contributed by atoms with Crippen molar-refractivity contribution in [3.63, 3.8) is 0 Å². The Morgan fingerprint density at radius 1 is 0.765 bits per heavy atom. The molecule has 0 saturated heterocycles. The number of benzene rings is 2. The van der Waals surface area contributed by atoms with Gasteiger partial charge in [0, 0.05) is 5.56 Å². The summed E-state index contributed by atoms with van der Waals surface area (Å²) < 4.78 is 27.2. The van der Waals surface area contributed by atoms with E-state index in [1.807, 2.05) is 30.3 Å². The zero-order valence-corrected chi connectivity index (χ0v) is 9.24. The van der Waals surface area contributed by atoms with Crippen molar-refractivity contribution in [3.8, 4) is 0 Å². The zero-order chi connectivity index (χ0) is 11.8. The van der Waals surface area contributed by atoms with Crippen molar-refractivity contribution < 1.29 is 8.78 Å². The highest BCUT2D eigenvalue weighted by atomic mass is 19.1. The van der Waals surface area contributed by atoms with Gasteiger partial charge in [-0.25, -0.2) is 8.78 Å². The first kappa shape index (κ1) is 10.5. The SMILES string of the molecule is Fc1cccc(F)c1[C@H]1C[C@@H]1c1ccccc1. The molecule has 1 fully saturated rings. The van der Waals surface area contributed by atoms with E-state index in [-0.39, 0.29) is 17.4 Å². The molecule has 0 bridgehead atoms. The molecule has 2 aromatic carbocycles. The van der Waals surface area contributed by atoms with Gasteiger partial charge in [0.2, 0.25) is 0 Å². The number of halogens is 2. The Kier molecular flexibility index (Phi) is 2.43. The van der Waals surface area contributed by atoms with Crippen LogP contribution in [0.1, 0.15) is 29.4 Å². The summed E-state index contributed by atoms with van der Waals surface area (Å²) in [5, 5.41) is 0. The van der Waals surface area contributed by atoms with E-state index in [1.165, 1.54) is 23.8 Å². The minimum Gasteiger partial charge on any atom is -0.207 e. The highest BCUT2D eigenvalue weighted by Crippen LogP contribution is 2.55. The molecule has 0 nitrogen and oxygen atoms in total. The first-order chi connectivity index (χ1) is 8.27. The van der Waals surface area contributed by atoms with E-state index in [2.05, 4.69) is 0 Å². The van der Waals surface area contributed by atoms with Crippen LogP contribution < -0.4 is 0 Å². The predicted molar refractivity (Wildman–Crippen MR) is 62.9 cm³/mol. The van der Waals surface area contributed by atoms with Gasteiger partial charge in [0.05, 0.1) is 0 Å². The molecule has 0 amide bonds. The summed E-state index contributed by atoms with van der Waals surface area (Å²) in [6.07, 6.45) is 0.835. The van der Waals surface area contributed by atoms with E-state index in [4.69, 9.17) is 0 Å². The maximum absolute atomic E-state index is 13.6. The van der Waals surface area contributed by atoms with Gasteiger partial charge in [0.1, 0.15) is 11.6 Å². The maximum Gasteiger partial charge on any atom is 0.129 e. The second-order valence-electron chi connectivity index (χ2n) is 4.49. The average Bonchev–Trinajstić information content (AvgIpc) is 3.10. The van der Waals surface area contributed by atoms with Crippen LogP contribution in [0, 0.1) is 11.6 Å². The topological polar surface area (TPSA) is 0 Å². The van der Waals surface area contributed by atoms with E-state index < -0.39 is 11.6 Å². The van der Waals surface area contributed by atoms with Crippen LogP contribution in [0.3, 0.4) is 0 Å². The fraction of sp³-hybridized carbons (Fsp3) is 0.200. The Balaban J connectivity index is 1.90. The van der Waals surface area contributed by atoms with Gasteiger partial charge in [-0.1, -0.05) is 36.4 Å². The Morgan fingerprint density at radius 2 is 1.41 bits per heavy atom. The molecule has 0 spiro atoms. The third-order valence-corrected chi connectivity index (χ3v) is 3.39. The Labute approximate surface area is 98.9 Å². The van der Waals surface area contributed by atoms with Crippen LogP contribution in [0.5, 0.6) is 0 Å². The Bertz CT molecular complexity index is 514. The van der Waals surface area contributed by atoms with Gasteiger partial charge < -0.3 is 0 Å². The number of hydrogen-bond donors (Lipinski definition) is 0. The third kappa shape index (κ3) is 1.84. The second kappa shape index (κ2) is 3.95. The average molecular weight is 230 g/mol. The maximum atomic E-state index is 13.6. The molecular weight excluding hydrogens is 218 g/mol. The van der Waals surface area contributed by atoms with Gasteiger partial charge in [0.25, 0.3) is 0 Å². The van der Waals surface area contributed by atoms with E-state index in [1.54, 1.807) is 0 Å². The van der Waals surface area contributed by atoms with E-state index >= 15 is 0 Å². The largest absolute Gasteiger partial charge is 0.207 e. The lowest BCUT2D eigenvalue weighted by Crippen LogP contribution is -1.94. The second-order valence-corrected chi connectivity index (χ2v) is 4.49. The molecule has 0 aromatic heterocycles. The smallest absolute Gasteiger partial charge is 0.129 e. The van der Waals surface area contributed by atoms with Crippen molar-refractivity contribution in [2.24, 2.45) is 0 Å². The van der Waals surface area contributed by atoms with Crippen LogP contribution in [-0.4, -0.2) is 0 Å². The molecule has 17 heavy (non-hydrogen) atoms. The van der Waals surface area contributed by atoms with Gasteiger partial charge in [-0.05, 0) is 36.0 Å². The lowest BCUT2D eigenvalue weighted by molar-refractivity contribution is 0.555. The van der Waals surface area contributed by atoms with E-state index in [9.17, 15) is 8.78 Å². The molecule has 0 heterocycles. The van der Waals surface area contributed by atoms with E-state index in [0.717, 1.165) is 6.42 Å².